The van der Waals surface area contributed by atoms with Gasteiger partial charge in [0, 0.05) is 19.6 Å². The lowest BCUT2D eigenvalue weighted by molar-refractivity contribution is -0.0196. The molecule has 16 heavy (non-hydrogen) atoms. The van der Waals surface area contributed by atoms with Gasteiger partial charge in [0.1, 0.15) is 0 Å². The molecular formula is C14H28N2. The summed E-state index contributed by atoms with van der Waals surface area (Å²) in [7, 11) is 2.05. The predicted molar refractivity (Wildman–Crippen MR) is 69.7 cm³/mol. The zero-order valence-electron chi connectivity index (χ0n) is 11.1. The van der Waals surface area contributed by atoms with E-state index in [0.29, 0.717) is 0 Å². The Balaban J connectivity index is 1.71. The van der Waals surface area contributed by atoms with Crippen LogP contribution in [0, 0.1) is 11.3 Å². The highest BCUT2D eigenvalue weighted by Crippen LogP contribution is 2.42. The maximum atomic E-state index is 3.28. The van der Waals surface area contributed by atoms with Gasteiger partial charge in [-0.15, -0.1) is 0 Å². The molecule has 2 nitrogen and oxygen atoms in total. The van der Waals surface area contributed by atoms with Crippen molar-refractivity contribution in [1.82, 2.24) is 10.2 Å². The van der Waals surface area contributed by atoms with E-state index in [-0.39, 0.29) is 0 Å². The topological polar surface area (TPSA) is 15.3 Å². The van der Waals surface area contributed by atoms with Crippen LogP contribution in [0.2, 0.25) is 0 Å². The van der Waals surface area contributed by atoms with Crippen molar-refractivity contribution >= 4 is 0 Å². The molecule has 1 aliphatic heterocycles. The Kier molecular flexibility index (Phi) is 4.26. The Morgan fingerprint density at radius 1 is 1.12 bits per heavy atom. The van der Waals surface area contributed by atoms with Gasteiger partial charge in [0.05, 0.1) is 0 Å². The summed E-state index contributed by atoms with van der Waals surface area (Å²) >= 11 is 0. The zero-order chi connectivity index (χ0) is 11.4. The fraction of sp³-hybridized carbons (Fsp3) is 1.00. The standard InChI is InChI=1S/C14H28N2/c1-13(9-15-2)10-16-11-14(12-16)7-5-3-4-6-8-14/h13,15H,3-12H2,1-2H3. The first-order valence-corrected chi connectivity index (χ1v) is 7.11. The molecule has 2 heteroatoms. The average molecular weight is 224 g/mol. The van der Waals surface area contributed by atoms with E-state index in [9.17, 15) is 0 Å². The van der Waals surface area contributed by atoms with Crippen LogP contribution >= 0.6 is 0 Å². The fourth-order valence-electron chi connectivity index (χ4n) is 3.68. The minimum atomic E-state index is 0.746. The van der Waals surface area contributed by atoms with Crippen molar-refractivity contribution in [3.8, 4) is 0 Å². The summed E-state index contributed by atoms with van der Waals surface area (Å²) < 4.78 is 0. The van der Waals surface area contributed by atoms with Gasteiger partial charge in [0.15, 0.2) is 0 Å². The molecule has 2 aliphatic rings. The molecular weight excluding hydrogens is 196 g/mol. The van der Waals surface area contributed by atoms with Crippen molar-refractivity contribution in [2.24, 2.45) is 11.3 Å². The van der Waals surface area contributed by atoms with Gasteiger partial charge in [-0.05, 0) is 37.8 Å². The minimum Gasteiger partial charge on any atom is -0.319 e. The van der Waals surface area contributed by atoms with E-state index >= 15 is 0 Å². The maximum Gasteiger partial charge on any atom is 0.00506 e. The second kappa shape index (κ2) is 5.50. The molecule has 2 fully saturated rings. The second-order valence-electron chi connectivity index (χ2n) is 6.25. The summed E-state index contributed by atoms with van der Waals surface area (Å²) in [5, 5.41) is 3.28. The second-order valence-corrected chi connectivity index (χ2v) is 6.25. The number of rotatable bonds is 4. The quantitative estimate of drug-likeness (QED) is 0.789. The van der Waals surface area contributed by atoms with E-state index in [2.05, 4.69) is 24.2 Å². The third-order valence-electron chi connectivity index (χ3n) is 4.40. The molecule has 0 amide bonds. The smallest absolute Gasteiger partial charge is 0.00506 e. The Bertz CT molecular complexity index is 199. The van der Waals surface area contributed by atoms with Gasteiger partial charge in [0.2, 0.25) is 0 Å². The van der Waals surface area contributed by atoms with Crippen LogP contribution in [-0.2, 0) is 0 Å². The van der Waals surface area contributed by atoms with E-state index < -0.39 is 0 Å². The largest absolute Gasteiger partial charge is 0.319 e. The van der Waals surface area contributed by atoms with Crippen LogP contribution in [0.15, 0.2) is 0 Å². The molecule has 0 aromatic carbocycles. The van der Waals surface area contributed by atoms with Crippen molar-refractivity contribution < 1.29 is 0 Å². The highest BCUT2D eigenvalue weighted by atomic mass is 15.2. The Hall–Kier alpha value is -0.0800. The summed E-state index contributed by atoms with van der Waals surface area (Å²) in [6.45, 7) is 7.59. The molecule has 2 rings (SSSR count). The van der Waals surface area contributed by atoms with E-state index in [0.717, 1.165) is 17.9 Å². The van der Waals surface area contributed by atoms with Gasteiger partial charge in [-0.2, -0.15) is 0 Å². The first-order chi connectivity index (χ1) is 7.74. The van der Waals surface area contributed by atoms with Gasteiger partial charge in [-0.25, -0.2) is 0 Å². The molecule has 94 valence electrons. The summed E-state index contributed by atoms with van der Waals surface area (Å²) in [6, 6.07) is 0. The highest BCUT2D eigenvalue weighted by molar-refractivity contribution is 4.95. The van der Waals surface area contributed by atoms with Crippen LogP contribution < -0.4 is 5.32 Å². The highest BCUT2D eigenvalue weighted by Gasteiger charge is 2.42. The Labute approximate surface area is 101 Å². The Morgan fingerprint density at radius 3 is 2.31 bits per heavy atom. The van der Waals surface area contributed by atoms with Crippen LogP contribution in [0.1, 0.15) is 45.4 Å². The molecule has 0 aromatic heterocycles. The monoisotopic (exact) mass is 224 g/mol. The number of hydrogen-bond donors (Lipinski definition) is 1. The van der Waals surface area contributed by atoms with Crippen molar-refractivity contribution in [2.75, 3.05) is 33.2 Å². The van der Waals surface area contributed by atoms with Gasteiger partial charge < -0.3 is 10.2 Å². The van der Waals surface area contributed by atoms with Gasteiger partial charge in [-0.3, -0.25) is 0 Å². The van der Waals surface area contributed by atoms with Crippen molar-refractivity contribution in [2.45, 2.75) is 45.4 Å². The summed E-state index contributed by atoms with van der Waals surface area (Å²) in [6.07, 6.45) is 8.95. The molecule has 1 unspecified atom stereocenters. The van der Waals surface area contributed by atoms with Crippen LogP contribution in [-0.4, -0.2) is 38.1 Å². The molecule has 0 radical (unpaired) electrons. The first-order valence-electron chi connectivity index (χ1n) is 7.11. The summed E-state index contributed by atoms with van der Waals surface area (Å²) in [4.78, 5) is 2.67. The molecule has 1 heterocycles. The molecule has 1 saturated heterocycles. The molecule has 0 aromatic rings. The van der Waals surface area contributed by atoms with Gasteiger partial charge >= 0.3 is 0 Å². The Morgan fingerprint density at radius 2 is 1.75 bits per heavy atom. The predicted octanol–water partition coefficient (Wildman–Crippen LogP) is 2.50. The molecule has 1 saturated carbocycles. The van der Waals surface area contributed by atoms with Gasteiger partial charge in [-0.1, -0.05) is 32.6 Å². The van der Waals surface area contributed by atoms with Crippen molar-refractivity contribution in [1.29, 1.82) is 0 Å². The minimum absolute atomic E-state index is 0.746. The molecule has 1 spiro atoms. The lowest BCUT2D eigenvalue weighted by Crippen LogP contribution is -2.57. The molecule has 1 aliphatic carbocycles. The van der Waals surface area contributed by atoms with Gasteiger partial charge in [0.25, 0.3) is 0 Å². The van der Waals surface area contributed by atoms with Crippen molar-refractivity contribution in [3.63, 3.8) is 0 Å². The zero-order valence-corrected chi connectivity index (χ0v) is 11.1. The van der Waals surface area contributed by atoms with E-state index in [1.54, 1.807) is 0 Å². The lowest BCUT2D eigenvalue weighted by atomic mass is 9.73. The maximum absolute atomic E-state index is 3.28. The number of likely N-dealkylation sites (tertiary alicyclic amines) is 1. The van der Waals surface area contributed by atoms with Crippen LogP contribution in [0.5, 0.6) is 0 Å². The van der Waals surface area contributed by atoms with Crippen LogP contribution in [0.3, 0.4) is 0 Å². The molecule has 1 N–H and O–H groups in total. The number of hydrogen-bond acceptors (Lipinski definition) is 2. The SMILES string of the molecule is CNCC(C)CN1CC2(CCCCCC2)C1. The summed E-state index contributed by atoms with van der Waals surface area (Å²) in [5.74, 6) is 0.799. The molecule has 0 bridgehead atoms. The van der Waals surface area contributed by atoms with E-state index in [1.807, 2.05) is 0 Å². The third kappa shape index (κ3) is 2.98. The van der Waals surface area contributed by atoms with E-state index in [1.165, 1.54) is 58.2 Å². The summed E-state index contributed by atoms with van der Waals surface area (Å²) in [5.41, 5.74) is 0.746. The lowest BCUT2D eigenvalue weighted by Gasteiger charge is -2.51. The average Bonchev–Trinajstić information content (AvgIpc) is 2.43. The molecule has 1 atom stereocenters. The fourth-order valence-corrected chi connectivity index (χ4v) is 3.68. The van der Waals surface area contributed by atoms with Crippen molar-refractivity contribution in [3.05, 3.63) is 0 Å². The third-order valence-corrected chi connectivity index (χ3v) is 4.40. The normalized spacial score (nSPS) is 27.4. The van der Waals surface area contributed by atoms with Crippen LogP contribution in [0.4, 0.5) is 0 Å². The number of nitrogens with zero attached hydrogens (tertiary/aromatic N) is 1. The number of nitrogens with one attached hydrogen (secondary N) is 1. The first kappa shape index (κ1) is 12.4. The van der Waals surface area contributed by atoms with Crippen LogP contribution in [0.25, 0.3) is 0 Å². The van der Waals surface area contributed by atoms with E-state index in [4.69, 9.17) is 0 Å².